The number of esters is 2. The van der Waals surface area contributed by atoms with E-state index in [2.05, 4.69) is 211 Å². The molecular formula is C40H57I7N6O6V. The van der Waals surface area contributed by atoms with Gasteiger partial charge in [-0.25, -0.2) is 28.4 Å². The number of aromatic nitrogens is 5. The van der Waals surface area contributed by atoms with Gasteiger partial charge < -0.3 is 43.3 Å². The molecule has 0 aliphatic rings. The van der Waals surface area contributed by atoms with E-state index >= 15 is 0 Å². The second-order valence-corrected chi connectivity index (χ2v) is 31.5. The number of carboxylic acid groups (broad SMARTS) is 1. The molecule has 337 valence electrons. The molecule has 0 bridgehead atoms. The molecule has 5 aromatic heterocycles. The van der Waals surface area contributed by atoms with Crippen LogP contribution in [0.5, 0.6) is 0 Å². The van der Waals surface area contributed by atoms with Gasteiger partial charge in [0.15, 0.2) is 12.4 Å². The molecule has 5 aromatic rings. The van der Waals surface area contributed by atoms with Gasteiger partial charge >= 0.3 is 17.9 Å². The molecule has 0 amide bonds. The van der Waals surface area contributed by atoms with Crippen LogP contribution >= 0.6 is 158 Å². The number of aromatic carboxylic acids is 1. The number of H-pyrrole nitrogens is 1. The van der Waals surface area contributed by atoms with Gasteiger partial charge in [0.2, 0.25) is 0 Å². The number of carbonyl (C=O) groups excluding carboxylic acids is 2. The minimum Gasteiger partial charge on any atom is -0.478 e. The third-order valence-electron chi connectivity index (χ3n) is 5.23. The Balaban J connectivity index is -0.000000148. The first-order chi connectivity index (χ1) is 26.8. The Morgan fingerprint density at radius 2 is 1.23 bits per heavy atom. The molecular weight excluding hydrogens is 1600 g/mol. The number of pyridine rings is 3. The molecule has 5 rings (SSSR count). The van der Waals surface area contributed by atoms with Crippen molar-refractivity contribution in [2.45, 2.75) is 71.1 Å². The molecule has 0 aromatic carbocycles. The van der Waals surface area contributed by atoms with E-state index in [1.807, 2.05) is 72.4 Å². The van der Waals surface area contributed by atoms with Crippen LogP contribution in [-0.2, 0) is 32.8 Å². The van der Waals surface area contributed by atoms with Crippen LogP contribution in [0.15, 0.2) is 79.4 Å². The summed E-state index contributed by atoms with van der Waals surface area (Å²) in [5.41, 5.74) is 3.48. The summed E-state index contributed by atoms with van der Waals surface area (Å²) < 4.78 is 17.1. The molecule has 5 N–H and O–H groups in total. The van der Waals surface area contributed by atoms with E-state index in [9.17, 15) is 14.4 Å². The number of alkyl halides is 6. The summed E-state index contributed by atoms with van der Waals surface area (Å²) in [6.45, 7) is 17.8. The first kappa shape index (κ1) is 71.8. The molecule has 0 aliphatic heterocycles. The zero-order valence-electron chi connectivity index (χ0n) is 34.4. The van der Waals surface area contributed by atoms with Crippen LogP contribution in [0.2, 0.25) is 0 Å². The maximum absolute atomic E-state index is 11.7. The summed E-state index contributed by atoms with van der Waals surface area (Å²) >= 11 is 16.2. The number of hydrogen-bond acceptors (Lipinski definition) is 8. The fourth-order valence-electron chi connectivity index (χ4n) is 3.56. The summed E-state index contributed by atoms with van der Waals surface area (Å²) in [6.07, 6.45) is 7.29. The van der Waals surface area contributed by atoms with E-state index in [-0.39, 0.29) is 43.7 Å². The molecule has 1 radical (unpaired) electrons. The standard InChI is InChI=1S/C11H12N2O2.C9H8N2O2.C6H8O2.C5H5N.C2H3I3.C2H4I2.C2H5I.C2H4I.CH4.H3N.V/c1-3-15-11(14)10-8(2)12-13-7-5-4-6-9(10)13;1-6-8(9(12)13)7-4-2-3-5-11(7)10-6;1-3-5-6(7)8-4-2;1-2-4-6-5-3-1;1-2(3,4)5;1-2(3)4;2*1-2-3;;;/h4-7H,3H2,1-2H3;2-5H,1H3,(H,12,13);4H2,1-2H3;1-5H;1H3;2H,1H3;2H2,1H3;2H,1H3;1H4;1H3;/q;;;;;;;-1;;;/p+1. The Morgan fingerprint density at radius 1 is 0.867 bits per heavy atom. The monoisotopic (exact) mass is 1660 g/mol. The quantitative estimate of drug-likeness (QED) is 0.0443. The number of aryl methyl sites for hydroxylation is 2. The fraction of sp³-hybridized carbons (Fsp3) is 0.375. The maximum Gasteiger partial charge on any atom is 0.384 e. The summed E-state index contributed by atoms with van der Waals surface area (Å²) in [7, 11) is 0. The van der Waals surface area contributed by atoms with Gasteiger partial charge in [0, 0.05) is 49.0 Å². The minimum atomic E-state index is -0.932. The number of rotatable bonds is 4. The smallest absolute Gasteiger partial charge is 0.384 e. The Bertz CT molecular complexity index is 1850. The zero-order chi connectivity index (χ0) is 44.4. The molecule has 0 aliphatic carbocycles. The predicted molar refractivity (Wildman–Crippen MR) is 304 cm³/mol. The second-order valence-electron chi connectivity index (χ2n) is 9.97. The van der Waals surface area contributed by atoms with Crippen molar-refractivity contribution >= 4 is 187 Å². The van der Waals surface area contributed by atoms with E-state index in [4.69, 9.17) is 9.84 Å². The molecule has 20 heteroatoms. The number of carbonyl (C=O) groups is 3. The number of halogens is 7. The average molecular weight is 1660 g/mol. The van der Waals surface area contributed by atoms with Gasteiger partial charge in [0.05, 0.1) is 37.6 Å². The largest absolute Gasteiger partial charge is 0.478 e. The van der Waals surface area contributed by atoms with Crippen molar-refractivity contribution < 1.29 is 52.5 Å². The van der Waals surface area contributed by atoms with E-state index in [1.165, 1.54) is 4.43 Å². The zero-order valence-corrected chi connectivity index (χ0v) is 50.9. The van der Waals surface area contributed by atoms with Gasteiger partial charge in [-0.05, 0) is 77.2 Å². The number of carboxylic acids is 1. The fourth-order valence-corrected chi connectivity index (χ4v) is 3.56. The Morgan fingerprint density at radius 3 is 1.53 bits per heavy atom. The predicted octanol–water partition coefficient (Wildman–Crippen LogP) is 13.2. The summed E-state index contributed by atoms with van der Waals surface area (Å²) in [5, 5.41) is 17.2. The van der Waals surface area contributed by atoms with Gasteiger partial charge in [-0.1, -0.05) is 174 Å². The Labute approximate surface area is 465 Å². The molecule has 0 spiro atoms. The SMILES string of the molecule is C.CC#CC(=O)OCC.CC(I)(I)I.CC(I)I.CCI.CCOC(=O)c1c(C)nn2ccccc12.C[CH-]I.Cc1nn2ccccc2c1C(=O)O.N.[V].c1cc[nH+]cc1. The van der Waals surface area contributed by atoms with Crippen LogP contribution in [0.25, 0.3) is 11.0 Å². The van der Waals surface area contributed by atoms with Crippen LogP contribution in [0.3, 0.4) is 0 Å². The second kappa shape index (κ2) is 45.7. The number of fused-ring (bicyclic) bond motifs is 2. The van der Waals surface area contributed by atoms with Crippen LogP contribution in [0, 0.1) is 30.1 Å². The average Bonchev–Trinajstić information content (AvgIpc) is 3.65. The molecule has 0 unspecified atom stereocenters. The van der Waals surface area contributed by atoms with E-state index < -0.39 is 11.9 Å². The van der Waals surface area contributed by atoms with E-state index in [0.717, 1.165) is 7.45 Å². The molecule has 5 heterocycles. The van der Waals surface area contributed by atoms with Crippen molar-refractivity contribution in [3.63, 3.8) is 0 Å². The van der Waals surface area contributed by atoms with Crippen molar-refractivity contribution in [1.29, 1.82) is 0 Å². The van der Waals surface area contributed by atoms with Crippen molar-refractivity contribution in [1.82, 2.24) is 25.4 Å². The van der Waals surface area contributed by atoms with Crippen molar-refractivity contribution in [3.8, 4) is 11.8 Å². The first-order valence-corrected chi connectivity index (χ1v) is 25.4. The van der Waals surface area contributed by atoms with E-state index in [0.29, 0.717) is 35.1 Å². The first-order valence-electron chi connectivity index (χ1n) is 16.9. The number of nitrogens with zero attached hydrogens (tertiary/aromatic N) is 4. The molecule has 0 atom stereocenters. The normalized spacial score (nSPS) is 8.82. The van der Waals surface area contributed by atoms with Gasteiger partial charge in [-0.2, -0.15) is 17.1 Å². The molecule has 0 fully saturated rings. The topological polar surface area (TPSA) is 174 Å². The Kier molecular flexibility index (Phi) is 54.7. The van der Waals surface area contributed by atoms with Crippen molar-refractivity contribution in [2.24, 2.45) is 0 Å². The molecule has 0 saturated heterocycles. The van der Waals surface area contributed by atoms with Crippen LogP contribution in [-0.4, -0.2) is 61.3 Å². The third-order valence-corrected chi connectivity index (χ3v) is 5.23. The summed E-state index contributed by atoms with van der Waals surface area (Å²) in [5.74, 6) is 2.97. The van der Waals surface area contributed by atoms with Crippen molar-refractivity contribution in [3.05, 3.63) is 106 Å². The summed E-state index contributed by atoms with van der Waals surface area (Å²) in [4.78, 5) is 35.6. The van der Waals surface area contributed by atoms with Crippen LogP contribution in [0.1, 0.15) is 88.0 Å². The van der Waals surface area contributed by atoms with Crippen LogP contribution in [0.4, 0.5) is 0 Å². The number of aromatic amines is 1. The maximum atomic E-state index is 11.7. The van der Waals surface area contributed by atoms with Gasteiger partial charge in [-0.15, -0.1) is 0 Å². The third kappa shape index (κ3) is 39.7. The van der Waals surface area contributed by atoms with Gasteiger partial charge in [0.25, 0.3) is 0 Å². The molecule has 0 saturated carbocycles. The number of nitrogens with one attached hydrogen (secondary N) is 1. The number of ether oxygens (including phenoxy) is 2. The summed E-state index contributed by atoms with van der Waals surface area (Å²) in [6, 6.07) is 16.8. The van der Waals surface area contributed by atoms with E-state index in [1.54, 1.807) is 62.0 Å². The van der Waals surface area contributed by atoms with Crippen molar-refractivity contribution in [2.75, 3.05) is 17.6 Å². The van der Waals surface area contributed by atoms with Crippen LogP contribution < -0.4 is 11.1 Å². The minimum absolute atomic E-state index is 0. The van der Waals surface area contributed by atoms with Gasteiger partial charge in [-0.3, -0.25) is 4.43 Å². The molecule has 12 nitrogen and oxygen atoms in total. The number of hydrogen-bond donors (Lipinski definition) is 2. The molecule has 60 heavy (non-hydrogen) atoms. The van der Waals surface area contributed by atoms with Gasteiger partial charge in [0.1, 0.15) is 10.6 Å². The Hall–Kier alpha value is 0.154.